The minimum Gasteiger partial charge on any atom is -0.410 e. The first-order chi connectivity index (χ1) is 9.98. The molecule has 1 aliphatic rings. The van der Waals surface area contributed by atoms with E-state index in [4.69, 9.17) is 0 Å². The second kappa shape index (κ2) is 7.83. The second-order valence-electron chi connectivity index (χ2n) is 3.76. The van der Waals surface area contributed by atoms with Gasteiger partial charge in [-0.3, -0.25) is 4.79 Å². The molecule has 1 aromatic rings. The number of rotatable bonds is 3. The van der Waals surface area contributed by atoms with Crippen molar-refractivity contribution in [3.8, 4) is 0 Å². The summed E-state index contributed by atoms with van der Waals surface area (Å²) in [5.41, 5.74) is 1.54. The average molecular weight is 316 g/mol. The van der Waals surface area contributed by atoms with Gasteiger partial charge in [0.05, 0.1) is 4.88 Å². The summed E-state index contributed by atoms with van der Waals surface area (Å²) in [5.74, 6) is -0.162. The fourth-order valence-corrected chi connectivity index (χ4v) is 2.31. The molecule has 0 unspecified atom stereocenters. The molecular weight excluding hydrogens is 301 g/mol. The van der Waals surface area contributed by atoms with Gasteiger partial charge in [-0.2, -0.15) is 0 Å². The SMILES string of the molecule is CC.O=Cc1cc(C2=CC=C(OC(F)(F)F)CC=C2)cs1. The van der Waals surface area contributed by atoms with Gasteiger partial charge in [-0.1, -0.05) is 32.1 Å². The molecule has 0 aliphatic heterocycles. The molecule has 0 N–H and O–H groups in total. The number of ether oxygens (including phenoxy) is 1. The Morgan fingerprint density at radius 1 is 1.29 bits per heavy atom. The molecule has 1 aliphatic carbocycles. The van der Waals surface area contributed by atoms with Crippen molar-refractivity contribution in [2.24, 2.45) is 0 Å². The van der Waals surface area contributed by atoms with Crippen LogP contribution in [0.2, 0.25) is 0 Å². The van der Waals surface area contributed by atoms with Crippen LogP contribution in [0.5, 0.6) is 0 Å². The third-order valence-electron chi connectivity index (χ3n) is 2.38. The van der Waals surface area contributed by atoms with Gasteiger partial charge in [-0.25, -0.2) is 0 Å². The lowest BCUT2D eigenvalue weighted by molar-refractivity contribution is -0.305. The lowest BCUT2D eigenvalue weighted by atomic mass is 10.1. The number of alkyl halides is 3. The Bertz CT molecular complexity index is 566. The zero-order valence-corrected chi connectivity index (χ0v) is 12.4. The van der Waals surface area contributed by atoms with Crippen molar-refractivity contribution in [3.63, 3.8) is 0 Å². The molecule has 0 saturated carbocycles. The third-order valence-corrected chi connectivity index (χ3v) is 3.24. The highest BCUT2D eigenvalue weighted by molar-refractivity contribution is 7.11. The lowest BCUT2D eigenvalue weighted by Gasteiger charge is -2.09. The smallest absolute Gasteiger partial charge is 0.410 e. The Labute approximate surface area is 125 Å². The van der Waals surface area contributed by atoms with Gasteiger partial charge in [0.2, 0.25) is 0 Å². The Hall–Kier alpha value is -1.82. The summed E-state index contributed by atoms with van der Waals surface area (Å²) in [4.78, 5) is 11.2. The molecular formula is C15H15F3O2S. The summed E-state index contributed by atoms with van der Waals surface area (Å²) in [5, 5.41) is 1.78. The Morgan fingerprint density at radius 3 is 2.57 bits per heavy atom. The van der Waals surface area contributed by atoms with Crippen LogP contribution in [0, 0.1) is 0 Å². The van der Waals surface area contributed by atoms with Crippen molar-refractivity contribution < 1.29 is 22.7 Å². The predicted molar refractivity (Wildman–Crippen MR) is 78.0 cm³/mol. The number of aldehydes is 1. The highest BCUT2D eigenvalue weighted by Gasteiger charge is 2.31. The molecule has 0 aromatic carbocycles. The van der Waals surface area contributed by atoms with Crippen LogP contribution in [0.25, 0.3) is 5.57 Å². The molecule has 21 heavy (non-hydrogen) atoms. The van der Waals surface area contributed by atoms with Crippen LogP contribution in [0.3, 0.4) is 0 Å². The van der Waals surface area contributed by atoms with E-state index in [0.29, 0.717) is 4.88 Å². The molecule has 0 bridgehead atoms. The second-order valence-corrected chi connectivity index (χ2v) is 4.71. The predicted octanol–water partition coefficient (Wildman–Crippen LogP) is 5.35. The van der Waals surface area contributed by atoms with Crippen LogP contribution in [0.1, 0.15) is 35.5 Å². The molecule has 1 aromatic heterocycles. The summed E-state index contributed by atoms with van der Waals surface area (Å²) in [7, 11) is 0. The number of carbonyl (C=O) groups is 1. The van der Waals surface area contributed by atoms with E-state index in [-0.39, 0.29) is 12.2 Å². The number of carbonyl (C=O) groups excluding carboxylic acids is 1. The summed E-state index contributed by atoms with van der Waals surface area (Å²) in [6, 6.07) is 1.69. The Morgan fingerprint density at radius 2 is 2.00 bits per heavy atom. The molecule has 0 amide bonds. The zero-order chi connectivity index (χ0) is 15.9. The van der Waals surface area contributed by atoms with Gasteiger partial charge in [0.1, 0.15) is 5.76 Å². The first-order valence-electron chi connectivity index (χ1n) is 6.35. The zero-order valence-electron chi connectivity index (χ0n) is 11.6. The maximum absolute atomic E-state index is 12.1. The number of hydrogen-bond donors (Lipinski definition) is 0. The van der Waals surface area contributed by atoms with E-state index in [1.807, 2.05) is 13.8 Å². The van der Waals surface area contributed by atoms with Crippen molar-refractivity contribution in [3.05, 3.63) is 52.0 Å². The van der Waals surface area contributed by atoms with Crippen LogP contribution in [-0.2, 0) is 4.74 Å². The van der Waals surface area contributed by atoms with Gasteiger partial charge < -0.3 is 4.74 Å². The summed E-state index contributed by atoms with van der Waals surface area (Å²) in [6.45, 7) is 4.00. The maximum atomic E-state index is 12.1. The van der Waals surface area contributed by atoms with Gasteiger partial charge >= 0.3 is 6.36 Å². The fraction of sp³-hybridized carbons (Fsp3) is 0.267. The topological polar surface area (TPSA) is 26.3 Å². The highest BCUT2D eigenvalue weighted by Crippen LogP contribution is 2.27. The molecule has 0 radical (unpaired) electrons. The minimum atomic E-state index is -4.68. The first kappa shape index (κ1) is 17.2. The standard InChI is InChI=1S/C13H9F3O2S.C2H6/c14-13(15,16)18-11-3-1-2-9(4-5-11)10-6-12(7-17)19-8-10;1-2/h1-2,4-8H,3H2;1-2H3. The summed E-state index contributed by atoms with van der Waals surface area (Å²) in [6.07, 6.45) is 2.27. The third kappa shape index (κ3) is 5.59. The monoisotopic (exact) mass is 316 g/mol. The normalized spacial score (nSPS) is 14.3. The molecule has 2 nitrogen and oxygen atoms in total. The van der Waals surface area contributed by atoms with E-state index < -0.39 is 6.36 Å². The Kier molecular flexibility index (Phi) is 6.42. The van der Waals surface area contributed by atoms with Gasteiger partial charge in [0.15, 0.2) is 6.29 Å². The van der Waals surface area contributed by atoms with Gasteiger partial charge in [-0.05, 0) is 28.7 Å². The van der Waals surface area contributed by atoms with Crippen LogP contribution in [-0.4, -0.2) is 12.6 Å². The summed E-state index contributed by atoms with van der Waals surface area (Å²) < 4.78 is 40.2. The molecule has 6 heteroatoms. The number of allylic oxidation sites excluding steroid dienone is 5. The van der Waals surface area contributed by atoms with E-state index >= 15 is 0 Å². The number of thiophene rings is 1. The van der Waals surface area contributed by atoms with E-state index in [0.717, 1.165) is 17.4 Å². The average Bonchev–Trinajstić information content (AvgIpc) is 2.81. The van der Waals surface area contributed by atoms with E-state index in [1.165, 1.54) is 17.4 Å². The minimum absolute atomic E-state index is 0.0736. The molecule has 1 heterocycles. The Balaban J connectivity index is 0.00000106. The molecule has 0 fully saturated rings. The summed E-state index contributed by atoms with van der Waals surface area (Å²) >= 11 is 1.29. The van der Waals surface area contributed by atoms with Crippen molar-refractivity contribution >= 4 is 23.2 Å². The largest absolute Gasteiger partial charge is 0.572 e. The highest BCUT2D eigenvalue weighted by atomic mass is 32.1. The van der Waals surface area contributed by atoms with Crippen molar-refractivity contribution in [2.45, 2.75) is 26.6 Å². The maximum Gasteiger partial charge on any atom is 0.572 e. The molecule has 0 atom stereocenters. The van der Waals surface area contributed by atoms with Crippen LogP contribution in [0.4, 0.5) is 13.2 Å². The lowest BCUT2D eigenvalue weighted by Crippen LogP contribution is -2.12. The van der Waals surface area contributed by atoms with Gasteiger partial charge in [0.25, 0.3) is 0 Å². The molecule has 0 spiro atoms. The van der Waals surface area contributed by atoms with Crippen molar-refractivity contribution in [1.82, 2.24) is 0 Å². The quantitative estimate of drug-likeness (QED) is 0.703. The first-order valence-corrected chi connectivity index (χ1v) is 7.23. The van der Waals surface area contributed by atoms with E-state index in [2.05, 4.69) is 4.74 Å². The number of halogens is 3. The van der Waals surface area contributed by atoms with Crippen LogP contribution in [0.15, 0.2) is 41.5 Å². The number of hydrogen-bond acceptors (Lipinski definition) is 3. The van der Waals surface area contributed by atoms with Gasteiger partial charge in [0, 0.05) is 6.42 Å². The molecule has 0 saturated heterocycles. The molecule has 2 rings (SSSR count). The van der Waals surface area contributed by atoms with E-state index in [9.17, 15) is 18.0 Å². The molecule has 114 valence electrons. The van der Waals surface area contributed by atoms with Crippen LogP contribution < -0.4 is 0 Å². The van der Waals surface area contributed by atoms with Gasteiger partial charge in [-0.15, -0.1) is 24.5 Å². The van der Waals surface area contributed by atoms with Crippen molar-refractivity contribution in [2.75, 3.05) is 0 Å². The fourth-order valence-electron chi connectivity index (χ4n) is 1.59. The van der Waals surface area contributed by atoms with Crippen molar-refractivity contribution in [1.29, 1.82) is 0 Å². The van der Waals surface area contributed by atoms with Crippen LogP contribution >= 0.6 is 11.3 Å². The van der Waals surface area contributed by atoms with E-state index in [1.54, 1.807) is 29.7 Å².